The van der Waals surface area contributed by atoms with Gasteiger partial charge in [0.2, 0.25) is 0 Å². The van der Waals surface area contributed by atoms with Crippen LogP contribution in [0.15, 0.2) is 12.8 Å². The van der Waals surface area contributed by atoms with Gasteiger partial charge in [0.25, 0.3) is 0 Å². The Kier molecular flexibility index (Phi) is 22.8. The summed E-state index contributed by atoms with van der Waals surface area (Å²) in [7, 11) is 1.63. The molecule has 0 fully saturated rings. The SMILES string of the molecule is C=COCCOC.OCCOCCOCCO. The molecule has 0 saturated carbocycles. The molecule has 0 spiro atoms. The fraction of sp³-hybridized carbons (Fsp3) is 0.818. The van der Waals surface area contributed by atoms with E-state index in [1.54, 1.807) is 7.11 Å². The van der Waals surface area contributed by atoms with E-state index in [1.165, 1.54) is 6.26 Å². The Labute approximate surface area is 103 Å². The van der Waals surface area contributed by atoms with Crippen LogP contribution in [0.5, 0.6) is 0 Å². The van der Waals surface area contributed by atoms with Crippen LogP contribution in [0.3, 0.4) is 0 Å². The topological polar surface area (TPSA) is 77.4 Å². The molecule has 0 aromatic carbocycles. The molecule has 0 aliphatic heterocycles. The van der Waals surface area contributed by atoms with Gasteiger partial charge in [-0.05, 0) is 0 Å². The van der Waals surface area contributed by atoms with Gasteiger partial charge < -0.3 is 29.2 Å². The van der Waals surface area contributed by atoms with Crippen molar-refractivity contribution in [1.29, 1.82) is 0 Å². The zero-order valence-electron chi connectivity index (χ0n) is 10.5. The van der Waals surface area contributed by atoms with Gasteiger partial charge in [-0.2, -0.15) is 0 Å². The van der Waals surface area contributed by atoms with Gasteiger partial charge in [0.15, 0.2) is 0 Å². The predicted octanol–water partition coefficient (Wildman–Crippen LogP) is -0.203. The second-order valence-electron chi connectivity index (χ2n) is 2.70. The van der Waals surface area contributed by atoms with E-state index in [0.717, 1.165) is 0 Å². The zero-order valence-corrected chi connectivity index (χ0v) is 10.5. The third-order valence-electron chi connectivity index (χ3n) is 1.37. The number of rotatable bonds is 11. The molecule has 0 aliphatic carbocycles. The first-order valence-corrected chi connectivity index (χ1v) is 5.42. The molecule has 0 atom stereocenters. The lowest BCUT2D eigenvalue weighted by Gasteiger charge is -2.01. The second kappa shape index (κ2) is 20.7. The van der Waals surface area contributed by atoms with Crippen LogP contribution >= 0.6 is 0 Å². The van der Waals surface area contributed by atoms with Crippen molar-refractivity contribution in [1.82, 2.24) is 0 Å². The average molecular weight is 252 g/mol. The van der Waals surface area contributed by atoms with E-state index in [-0.39, 0.29) is 13.2 Å². The molecule has 0 aromatic heterocycles. The molecule has 6 nitrogen and oxygen atoms in total. The lowest BCUT2D eigenvalue weighted by atomic mass is 10.7. The smallest absolute Gasteiger partial charge is 0.111 e. The van der Waals surface area contributed by atoms with Crippen molar-refractivity contribution in [2.45, 2.75) is 0 Å². The van der Waals surface area contributed by atoms with Crippen LogP contribution in [0.25, 0.3) is 0 Å². The minimum absolute atomic E-state index is 0.0417. The summed E-state index contributed by atoms with van der Waals surface area (Å²) < 4.78 is 19.1. The number of hydrogen-bond acceptors (Lipinski definition) is 6. The van der Waals surface area contributed by atoms with E-state index in [0.29, 0.717) is 39.6 Å². The van der Waals surface area contributed by atoms with Crippen molar-refractivity contribution in [3.63, 3.8) is 0 Å². The van der Waals surface area contributed by atoms with Crippen molar-refractivity contribution in [2.24, 2.45) is 0 Å². The Hall–Kier alpha value is -0.660. The Morgan fingerprint density at radius 3 is 1.76 bits per heavy atom. The van der Waals surface area contributed by atoms with Crippen LogP contribution in [0, 0.1) is 0 Å². The molecule has 0 heterocycles. The van der Waals surface area contributed by atoms with Crippen molar-refractivity contribution in [3.8, 4) is 0 Å². The molecule has 104 valence electrons. The van der Waals surface area contributed by atoms with Crippen molar-refractivity contribution in [2.75, 3.05) is 60.0 Å². The monoisotopic (exact) mass is 252 g/mol. The summed E-state index contributed by atoms with van der Waals surface area (Å²) in [5.74, 6) is 0. The van der Waals surface area contributed by atoms with Gasteiger partial charge in [0.1, 0.15) is 6.61 Å². The van der Waals surface area contributed by atoms with Crippen LogP contribution in [0.1, 0.15) is 0 Å². The molecule has 0 aliphatic rings. The molecule has 0 unspecified atom stereocenters. The van der Waals surface area contributed by atoms with Gasteiger partial charge in [0.05, 0.1) is 52.5 Å². The number of aliphatic hydroxyl groups excluding tert-OH is 2. The van der Waals surface area contributed by atoms with Crippen molar-refractivity contribution < 1.29 is 29.2 Å². The molecule has 2 N–H and O–H groups in total. The van der Waals surface area contributed by atoms with Gasteiger partial charge in [-0.3, -0.25) is 0 Å². The van der Waals surface area contributed by atoms with Gasteiger partial charge >= 0.3 is 0 Å². The third-order valence-corrected chi connectivity index (χ3v) is 1.37. The van der Waals surface area contributed by atoms with E-state index < -0.39 is 0 Å². The summed E-state index contributed by atoms with van der Waals surface area (Å²) >= 11 is 0. The van der Waals surface area contributed by atoms with E-state index in [1.807, 2.05) is 0 Å². The molecule has 0 saturated heterocycles. The molecule has 0 radical (unpaired) electrons. The van der Waals surface area contributed by atoms with Crippen molar-refractivity contribution in [3.05, 3.63) is 12.8 Å². The van der Waals surface area contributed by atoms with Gasteiger partial charge in [-0.1, -0.05) is 6.58 Å². The van der Waals surface area contributed by atoms with Crippen LogP contribution in [-0.2, 0) is 18.9 Å². The highest BCUT2D eigenvalue weighted by molar-refractivity contribution is 4.47. The van der Waals surface area contributed by atoms with Crippen LogP contribution < -0.4 is 0 Å². The van der Waals surface area contributed by atoms with Gasteiger partial charge in [-0.15, -0.1) is 0 Å². The molecule has 17 heavy (non-hydrogen) atoms. The van der Waals surface area contributed by atoms with Crippen molar-refractivity contribution >= 4 is 0 Å². The molecule has 6 heteroatoms. The molecular weight excluding hydrogens is 228 g/mol. The van der Waals surface area contributed by atoms with Crippen LogP contribution in [0.2, 0.25) is 0 Å². The second-order valence-corrected chi connectivity index (χ2v) is 2.70. The summed E-state index contributed by atoms with van der Waals surface area (Å²) in [5.41, 5.74) is 0. The zero-order chi connectivity index (χ0) is 13.2. The fourth-order valence-electron chi connectivity index (χ4n) is 0.666. The number of hydrogen-bond donors (Lipinski definition) is 2. The lowest BCUT2D eigenvalue weighted by molar-refractivity contribution is 0.0222. The quantitative estimate of drug-likeness (QED) is 0.391. The molecule has 0 rings (SSSR count). The maximum atomic E-state index is 8.26. The van der Waals surface area contributed by atoms with E-state index in [4.69, 9.17) is 24.4 Å². The van der Waals surface area contributed by atoms with Crippen LogP contribution in [0.4, 0.5) is 0 Å². The summed E-state index contributed by atoms with van der Waals surface area (Å²) in [4.78, 5) is 0. The average Bonchev–Trinajstić information content (AvgIpc) is 2.35. The molecule has 0 aromatic rings. The van der Waals surface area contributed by atoms with E-state index in [2.05, 4.69) is 11.3 Å². The van der Waals surface area contributed by atoms with Gasteiger partial charge in [0, 0.05) is 7.11 Å². The molecular formula is C11H24O6. The Bertz CT molecular complexity index is 123. The Balaban J connectivity index is 0. The number of ether oxygens (including phenoxy) is 4. The predicted molar refractivity (Wildman–Crippen MR) is 63.8 cm³/mol. The lowest BCUT2D eigenvalue weighted by Crippen LogP contribution is -2.09. The highest BCUT2D eigenvalue weighted by Crippen LogP contribution is 1.76. The fourth-order valence-corrected chi connectivity index (χ4v) is 0.666. The largest absolute Gasteiger partial charge is 0.499 e. The third kappa shape index (κ3) is 25.5. The molecule has 0 bridgehead atoms. The Morgan fingerprint density at radius 1 is 0.882 bits per heavy atom. The first kappa shape index (κ1) is 18.7. The first-order valence-electron chi connectivity index (χ1n) is 5.42. The number of aliphatic hydroxyl groups is 2. The van der Waals surface area contributed by atoms with Crippen LogP contribution in [-0.4, -0.2) is 70.2 Å². The first-order chi connectivity index (χ1) is 8.33. The summed E-state index contributed by atoms with van der Waals surface area (Å²) in [6.45, 7) is 6.31. The van der Waals surface area contributed by atoms with E-state index in [9.17, 15) is 0 Å². The number of methoxy groups -OCH3 is 1. The Morgan fingerprint density at radius 2 is 1.41 bits per heavy atom. The summed E-state index contributed by atoms with van der Waals surface area (Å²) in [6, 6.07) is 0. The molecule has 0 amide bonds. The minimum Gasteiger partial charge on any atom is -0.499 e. The maximum Gasteiger partial charge on any atom is 0.111 e. The highest BCUT2D eigenvalue weighted by atomic mass is 16.5. The standard InChI is InChI=1S/C6H14O4.C5H10O2/c7-1-3-9-5-6-10-4-2-8;1-3-7-5-4-6-2/h7-8H,1-6H2;3H,1,4-5H2,2H3. The minimum atomic E-state index is 0.0417. The maximum absolute atomic E-state index is 8.26. The normalized spacial score (nSPS) is 9.35. The summed E-state index contributed by atoms with van der Waals surface area (Å²) in [5, 5.41) is 16.5. The van der Waals surface area contributed by atoms with E-state index >= 15 is 0 Å². The van der Waals surface area contributed by atoms with Gasteiger partial charge in [-0.25, -0.2) is 0 Å². The summed E-state index contributed by atoms with van der Waals surface area (Å²) in [6.07, 6.45) is 1.40. The highest BCUT2D eigenvalue weighted by Gasteiger charge is 1.86.